The van der Waals surface area contributed by atoms with Crippen LogP contribution in [-0.2, 0) is 0 Å². The predicted octanol–water partition coefficient (Wildman–Crippen LogP) is 1.21. The molecule has 0 radical (unpaired) electrons. The number of hydrogen-bond acceptors (Lipinski definition) is 5. The lowest BCUT2D eigenvalue weighted by Crippen LogP contribution is -2.53. The van der Waals surface area contributed by atoms with E-state index in [0.29, 0.717) is 11.6 Å². The molecule has 2 N–H and O–H groups in total. The number of aliphatic hydroxyl groups excluding tert-OH is 1. The number of amides is 1. The van der Waals surface area contributed by atoms with Gasteiger partial charge in [-0.2, -0.15) is 8.75 Å². The van der Waals surface area contributed by atoms with Crippen molar-refractivity contribution in [2.24, 2.45) is 5.92 Å². The fourth-order valence-corrected chi connectivity index (χ4v) is 2.62. The van der Waals surface area contributed by atoms with Gasteiger partial charge in [0, 0.05) is 0 Å². The maximum atomic E-state index is 11.9. The summed E-state index contributed by atoms with van der Waals surface area (Å²) < 4.78 is 7.70. The monoisotopic (exact) mass is 255 g/mol. The zero-order valence-corrected chi connectivity index (χ0v) is 10.7. The van der Waals surface area contributed by atoms with Crippen LogP contribution in [0.5, 0.6) is 0 Å². The highest BCUT2D eigenvalue weighted by Gasteiger charge is 2.35. The number of carbonyl (C=O) groups excluding carboxylic acids is 1. The topological polar surface area (TPSA) is 75.1 Å². The normalized spacial score (nSPS) is 28.9. The Morgan fingerprint density at radius 1 is 1.65 bits per heavy atom. The molecular formula is C11H17N3O2S. The molecule has 1 aliphatic rings. The zero-order valence-electron chi connectivity index (χ0n) is 9.85. The van der Waals surface area contributed by atoms with E-state index in [4.69, 9.17) is 0 Å². The van der Waals surface area contributed by atoms with Crippen molar-refractivity contribution in [2.45, 2.75) is 38.1 Å². The van der Waals surface area contributed by atoms with Crippen molar-refractivity contribution < 1.29 is 9.90 Å². The summed E-state index contributed by atoms with van der Waals surface area (Å²) in [6, 6.07) is 0. The summed E-state index contributed by atoms with van der Waals surface area (Å²) in [7, 11) is 0. The maximum Gasteiger partial charge on any atom is 0.273 e. The number of hydrogen-bond donors (Lipinski definition) is 2. The summed E-state index contributed by atoms with van der Waals surface area (Å²) in [6.07, 6.45) is 5.19. The molecule has 0 bridgehead atoms. The Labute approximate surface area is 105 Å². The van der Waals surface area contributed by atoms with E-state index in [1.807, 2.05) is 0 Å². The van der Waals surface area contributed by atoms with Crippen LogP contribution in [0.3, 0.4) is 0 Å². The van der Waals surface area contributed by atoms with E-state index in [9.17, 15) is 9.90 Å². The van der Waals surface area contributed by atoms with Crippen LogP contribution in [0.1, 0.15) is 43.1 Å². The number of nitrogens with one attached hydrogen (secondary N) is 1. The SMILES string of the molecule is CC1CCC(CO)(NC(=O)c2cnsn2)CC1. The van der Waals surface area contributed by atoms with Gasteiger partial charge in [-0.05, 0) is 31.6 Å². The van der Waals surface area contributed by atoms with Crippen LogP contribution in [0.2, 0.25) is 0 Å². The van der Waals surface area contributed by atoms with Gasteiger partial charge in [-0.3, -0.25) is 4.79 Å². The molecule has 0 spiro atoms. The fraction of sp³-hybridized carbons (Fsp3) is 0.727. The van der Waals surface area contributed by atoms with Crippen molar-refractivity contribution in [3.05, 3.63) is 11.9 Å². The third-order valence-electron chi connectivity index (χ3n) is 3.51. The van der Waals surface area contributed by atoms with Gasteiger partial charge in [0.1, 0.15) is 0 Å². The molecule has 1 fully saturated rings. The third-order valence-corrected chi connectivity index (χ3v) is 3.98. The molecule has 0 unspecified atom stereocenters. The summed E-state index contributed by atoms with van der Waals surface area (Å²) in [6.45, 7) is 2.19. The summed E-state index contributed by atoms with van der Waals surface area (Å²) in [5.74, 6) is 0.440. The molecule has 1 heterocycles. The van der Waals surface area contributed by atoms with Crippen molar-refractivity contribution in [3.63, 3.8) is 0 Å². The minimum atomic E-state index is -0.465. The average Bonchev–Trinajstić information content (AvgIpc) is 2.86. The average molecular weight is 255 g/mol. The Bertz CT molecular complexity index is 372. The van der Waals surface area contributed by atoms with Gasteiger partial charge in [-0.25, -0.2) is 0 Å². The minimum absolute atomic E-state index is 0.0109. The molecule has 5 nitrogen and oxygen atoms in total. The first-order valence-electron chi connectivity index (χ1n) is 5.86. The summed E-state index contributed by atoms with van der Waals surface area (Å²) in [4.78, 5) is 11.9. The van der Waals surface area contributed by atoms with Gasteiger partial charge in [0.25, 0.3) is 5.91 Å². The van der Waals surface area contributed by atoms with Gasteiger partial charge in [-0.1, -0.05) is 6.92 Å². The Balaban J connectivity index is 2.02. The third kappa shape index (κ3) is 2.81. The molecule has 1 aromatic rings. The van der Waals surface area contributed by atoms with Crippen LogP contribution in [0.15, 0.2) is 6.20 Å². The Morgan fingerprint density at radius 2 is 2.35 bits per heavy atom. The predicted molar refractivity (Wildman–Crippen MR) is 64.8 cm³/mol. The lowest BCUT2D eigenvalue weighted by Gasteiger charge is -2.38. The molecule has 1 saturated carbocycles. The van der Waals surface area contributed by atoms with E-state index < -0.39 is 5.54 Å². The minimum Gasteiger partial charge on any atom is -0.394 e. The fourth-order valence-electron chi connectivity index (χ4n) is 2.21. The molecule has 6 heteroatoms. The number of carbonyl (C=O) groups is 1. The molecule has 0 saturated heterocycles. The molecule has 1 aromatic heterocycles. The van der Waals surface area contributed by atoms with Crippen molar-refractivity contribution in [2.75, 3.05) is 6.61 Å². The summed E-state index contributed by atoms with van der Waals surface area (Å²) >= 11 is 1.01. The first kappa shape index (κ1) is 12.4. The number of aliphatic hydroxyl groups is 1. The van der Waals surface area contributed by atoms with Crippen LogP contribution in [0, 0.1) is 5.92 Å². The summed E-state index contributed by atoms with van der Waals surface area (Å²) in [5, 5.41) is 12.4. The van der Waals surface area contributed by atoms with Crippen LogP contribution in [0.4, 0.5) is 0 Å². The largest absolute Gasteiger partial charge is 0.394 e. The molecule has 0 aromatic carbocycles. The lowest BCUT2D eigenvalue weighted by atomic mass is 9.77. The molecule has 94 valence electrons. The number of rotatable bonds is 3. The number of nitrogens with zero attached hydrogens (tertiary/aromatic N) is 2. The lowest BCUT2D eigenvalue weighted by molar-refractivity contribution is 0.0713. The molecular weight excluding hydrogens is 238 g/mol. The Kier molecular flexibility index (Phi) is 3.73. The van der Waals surface area contributed by atoms with E-state index in [1.54, 1.807) is 0 Å². The first-order valence-corrected chi connectivity index (χ1v) is 6.59. The van der Waals surface area contributed by atoms with Crippen molar-refractivity contribution in [3.8, 4) is 0 Å². The van der Waals surface area contributed by atoms with Crippen molar-refractivity contribution in [1.82, 2.24) is 14.1 Å². The Morgan fingerprint density at radius 3 is 2.88 bits per heavy atom. The van der Waals surface area contributed by atoms with Crippen LogP contribution in [-0.4, -0.2) is 31.9 Å². The molecule has 1 amide bonds. The van der Waals surface area contributed by atoms with E-state index in [0.717, 1.165) is 37.4 Å². The van der Waals surface area contributed by atoms with Crippen LogP contribution >= 0.6 is 11.7 Å². The molecule has 1 aliphatic carbocycles. The molecule has 0 atom stereocenters. The van der Waals surface area contributed by atoms with Gasteiger partial charge in [0.15, 0.2) is 5.69 Å². The Hall–Kier alpha value is -1.01. The van der Waals surface area contributed by atoms with Crippen molar-refractivity contribution in [1.29, 1.82) is 0 Å². The smallest absolute Gasteiger partial charge is 0.273 e. The van der Waals surface area contributed by atoms with Gasteiger partial charge in [0.2, 0.25) is 0 Å². The second-order valence-electron chi connectivity index (χ2n) is 4.87. The van der Waals surface area contributed by atoms with Crippen LogP contribution in [0.25, 0.3) is 0 Å². The second-order valence-corrected chi connectivity index (χ2v) is 5.42. The van der Waals surface area contributed by atoms with E-state index in [-0.39, 0.29) is 12.5 Å². The molecule has 17 heavy (non-hydrogen) atoms. The van der Waals surface area contributed by atoms with Crippen LogP contribution < -0.4 is 5.32 Å². The van der Waals surface area contributed by atoms with E-state index in [2.05, 4.69) is 21.0 Å². The highest BCUT2D eigenvalue weighted by atomic mass is 32.1. The zero-order chi connectivity index (χ0) is 12.3. The van der Waals surface area contributed by atoms with Gasteiger partial charge < -0.3 is 10.4 Å². The first-order chi connectivity index (χ1) is 8.15. The van der Waals surface area contributed by atoms with Gasteiger partial charge in [-0.15, -0.1) is 0 Å². The van der Waals surface area contributed by atoms with E-state index >= 15 is 0 Å². The summed E-state index contributed by atoms with van der Waals surface area (Å²) in [5.41, 5.74) is -0.130. The van der Waals surface area contributed by atoms with E-state index in [1.165, 1.54) is 6.20 Å². The number of aromatic nitrogens is 2. The maximum absolute atomic E-state index is 11.9. The highest BCUT2D eigenvalue weighted by molar-refractivity contribution is 6.99. The van der Waals surface area contributed by atoms with Gasteiger partial charge in [0.05, 0.1) is 30.1 Å². The van der Waals surface area contributed by atoms with Gasteiger partial charge >= 0.3 is 0 Å². The molecule has 0 aliphatic heterocycles. The highest BCUT2D eigenvalue weighted by Crippen LogP contribution is 2.31. The standard InChI is InChI=1S/C11H17N3O2S/c1-8-2-4-11(7-15,5-3-8)13-10(16)9-6-12-17-14-9/h6,8,15H,2-5,7H2,1H3,(H,13,16). The quantitative estimate of drug-likeness (QED) is 0.851. The van der Waals surface area contributed by atoms with Crippen molar-refractivity contribution >= 4 is 17.6 Å². The molecule has 2 rings (SSSR count). The second kappa shape index (κ2) is 5.10.